The molecule has 0 spiro atoms. The Hall–Kier alpha value is -3.38. The first kappa shape index (κ1) is 26.7. The Balaban J connectivity index is 1.66. The molecule has 198 valence electrons. The zero-order valence-corrected chi connectivity index (χ0v) is 22.6. The molecule has 37 heavy (non-hydrogen) atoms. The van der Waals surface area contributed by atoms with Crippen LogP contribution in [0.4, 0.5) is 16.4 Å². The summed E-state index contributed by atoms with van der Waals surface area (Å²) in [5.74, 6) is 1.56. The number of carbonyl (C=O) groups is 1. The normalized spacial score (nSPS) is 14.3. The Bertz CT molecular complexity index is 1390. The number of amides is 1. The molecule has 4 rings (SSSR count). The van der Waals surface area contributed by atoms with E-state index in [1.807, 2.05) is 6.92 Å². The number of rotatable bonds is 10. The number of imidazole rings is 1. The van der Waals surface area contributed by atoms with Gasteiger partial charge in [0, 0.05) is 35.3 Å². The molecule has 1 saturated carbocycles. The molecule has 1 fully saturated rings. The van der Waals surface area contributed by atoms with Gasteiger partial charge in [0.2, 0.25) is 16.0 Å². The van der Waals surface area contributed by atoms with Crippen molar-refractivity contribution in [3.63, 3.8) is 0 Å². The molecular formula is C24H30ClN7O4S. The first-order valence-electron chi connectivity index (χ1n) is 11.9. The second kappa shape index (κ2) is 10.9. The summed E-state index contributed by atoms with van der Waals surface area (Å²) in [7, 11) is -2.25. The molecule has 1 aliphatic rings. The van der Waals surface area contributed by atoms with E-state index in [4.69, 9.17) is 16.6 Å². The monoisotopic (exact) mass is 547 g/mol. The van der Waals surface area contributed by atoms with E-state index >= 15 is 0 Å². The summed E-state index contributed by atoms with van der Waals surface area (Å²) in [6.45, 7) is 5.42. The van der Waals surface area contributed by atoms with E-state index in [-0.39, 0.29) is 6.04 Å². The zero-order valence-electron chi connectivity index (χ0n) is 21.0. The summed E-state index contributed by atoms with van der Waals surface area (Å²) in [6, 6.07) is 6.56. The molecule has 13 heteroatoms. The fourth-order valence-corrected chi connectivity index (χ4v) is 4.46. The summed E-state index contributed by atoms with van der Waals surface area (Å²) in [4.78, 5) is 28.6. The molecule has 1 amide bonds. The molecule has 0 radical (unpaired) electrons. The van der Waals surface area contributed by atoms with Gasteiger partial charge in [-0.2, -0.15) is 0 Å². The third-order valence-corrected chi connectivity index (χ3v) is 7.75. The van der Waals surface area contributed by atoms with Crippen LogP contribution in [-0.2, 0) is 14.8 Å². The summed E-state index contributed by atoms with van der Waals surface area (Å²) in [5.41, 5.74) is 2.89. The highest BCUT2D eigenvalue weighted by atomic mass is 35.5. The summed E-state index contributed by atoms with van der Waals surface area (Å²) < 4.78 is 32.1. The second-order valence-electron chi connectivity index (χ2n) is 9.23. The first-order valence-corrected chi connectivity index (χ1v) is 13.8. The lowest BCUT2D eigenvalue weighted by Gasteiger charge is -2.14. The van der Waals surface area contributed by atoms with Crippen molar-refractivity contribution < 1.29 is 17.9 Å². The van der Waals surface area contributed by atoms with E-state index in [0.29, 0.717) is 51.8 Å². The van der Waals surface area contributed by atoms with Crippen molar-refractivity contribution in [2.45, 2.75) is 50.8 Å². The van der Waals surface area contributed by atoms with Crippen LogP contribution in [0.2, 0.25) is 5.02 Å². The van der Waals surface area contributed by atoms with Crippen molar-refractivity contribution in [1.29, 1.82) is 0 Å². The number of halogens is 1. The van der Waals surface area contributed by atoms with Gasteiger partial charge in [-0.1, -0.05) is 11.6 Å². The Morgan fingerprint density at radius 3 is 2.65 bits per heavy atom. The molecule has 11 nitrogen and oxygen atoms in total. The Morgan fingerprint density at radius 1 is 1.22 bits per heavy atom. The van der Waals surface area contributed by atoms with Crippen molar-refractivity contribution >= 4 is 39.4 Å². The van der Waals surface area contributed by atoms with Crippen molar-refractivity contribution in [3.8, 4) is 22.6 Å². The SMILES string of the molecule is COC(=O)N[C@@H](C)CNc1nccc(-c2[nH]c(C3CC3)nc2-c2cc(Cl)cc(NS(=O)(=O)C(C)C)c2)n1. The van der Waals surface area contributed by atoms with E-state index in [1.54, 1.807) is 44.3 Å². The Morgan fingerprint density at radius 2 is 1.97 bits per heavy atom. The van der Waals surface area contributed by atoms with Crippen LogP contribution in [0, 0.1) is 0 Å². The highest BCUT2D eigenvalue weighted by molar-refractivity contribution is 7.93. The zero-order chi connectivity index (χ0) is 26.7. The smallest absolute Gasteiger partial charge is 0.407 e. The van der Waals surface area contributed by atoms with Crippen LogP contribution in [0.25, 0.3) is 22.6 Å². The predicted molar refractivity (Wildman–Crippen MR) is 143 cm³/mol. The van der Waals surface area contributed by atoms with Gasteiger partial charge in [-0.05, 0) is 57.9 Å². The maximum Gasteiger partial charge on any atom is 0.407 e. The lowest BCUT2D eigenvalue weighted by Crippen LogP contribution is -2.37. The minimum Gasteiger partial charge on any atom is -0.453 e. The van der Waals surface area contributed by atoms with E-state index < -0.39 is 21.4 Å². The molecule has 3 aromatic rings. The van der Waals surface area contributed by atoms with Gasteiger partial charge in [0.25, 0.3) is 0 Å². The van der Waals surface area contributed by atoms with Crippen molar-refractivity contribution in [2.75, 3.05) is 23.7 Å². The van der Waals surface area contributed by atoms with E-state index in [0.717, 1.165) is 18.7 Å². The number of ether oxygens (including phenoxy) is 1. The number of hydrogen-bond donors (Lipinski definition) is 4. The van der Waals surface area contributed by atoms with Crippen molar-refractivity contribution in [1.82, 2.24) is 25.3 Å². The third-order valence-electron chi connectivity index (χ3n) is 5.77. The molecule has 4 N–H and O–H groups in total. The number of hydrogen-bond acceptors (Lipinski definition) is 8. The Labute approximate surface area is 220 Å². The maximum absolute atomic E-state index is 12.4. The number of alkyl carbamates (subject to hydrolysis) is 1. The van der Waals surface area contributed by atoms with Crippen LogP contribution in [0.1, 0.15) is 45.4 Å². The van der Waals surface area contributed by atoms with Crippen LogP contribution in [0.5, 0.6) is 0 Å². The number of aromatic nitrogens is 4. The quantitative estimate of drug-likeness (QED) is 0.292. The van der Waals surface area contributed by atoms with Crippen LogP contribution in [-0.4, -0.2) is 59.4 Å². The number of nitrogens with one attached hydrogen (secondary N) is 4. The van der Waals surface area contributed by atoms with Crippen molar-refractivity contribution in [2.24, 2.45) is 0 Å². The summed E-state index contributed by atoms with van der Waals surface area (Å²) >= 11 is 6.38. The largest absolute Gasteiger partial charge is 0.453 e. The summed E-state index contributed by atoms with van der Waals surface area (Å²) in [5, 5.41) is 5.56. The van der Waals surface area contributed by atoms with Crippen LogP contribution < -0.4 is 15.4 Å². The van der Waals surface area contributed by atoms with Crippen LogP contribution >= 0.6 is 11.6 Å². The number of H-pyrrole nitrogens is 1. The van der Waals surface area contributed by atoms with Gasteiger partial charge >= 0.3 is 6.09 Å². The van der Waals surface area contributed by atoms with E-state index in [9.17, 15) is 13.2 Å². The van der Waals surface area contributed by atoms with Crippen molar-refractivity contribution in [3.05, 3.63) is 41.3 Å². The predicted octanol–water partition coefficient (Wildman–Crippen LogP) is 4.37. The Kier molecular flexibility index (Phi) is 7.88. The molecule has 2 aromatic heterocycles. The molecule has 0 aliphatic heterocycles. The van der Waals surface area contributed by atoms with Crippen LogP contribution in [0.15, 0.2) is 30.5 Å². The molecule has 0 unspecified atom stereocenters. The van der Waals surface area contributed by atoms with Gasteiger partial charge in [-0.3, -0.25) is 4.72 Å². The lowest BCUT2D eigenvalue weighted by atomic mass is 10.1. The average molecular weight is 548 g/mol. The minimum absolute atomic E-state index is 0.219. The number of anilines is 2. The number of carbonyl (C=O) groups excluding carboxylic acids is 1. The van der Waals surface area contributed by atoms with E-state index in [2.05, 4.69) is 35.0 Å². The lowest BCUT2D eigenvalue weighted by molar-refractivity contribution is 0.168. The van der Waals surface area contributed by atoms with Gasteiger partial charge in [0.1, 0.15) is 5.82 Å². The fourth-order valence-electron chi connectivity index (χ4n) is 3.54. The number of nitrogens with zero attached hydrogens (tertiary/aromatic N) is 3. The highest BCUT2D eigenvalue weighted by Gasteiger charge is 2.29. The summed E-state index contributed by atoms with van der Waals surface area (Å²) in [6.07, 6.45) is 3.20. The number of aromatic amines is 1. The standard InChI is InChI=1S/C24H30ClN7O4S/c1-13(2)37(34,35)32-18-10-16(9-17(25)11-18)20-21(31-22(30-20)15-5-6-15)19-7-8-26-23(29-19)27-12-14(3)28-24(33)36-4/h7-11,13-15,32H,5-6,12H2,1-4H3,(H,28,33)(H,30,31)(H,26,27,29)/t14-/m0/s1. The van der Waals surface area contributed by atoms with Gasteiger partial charge in [-0.25, -0.2) is 28.2 Å². The number of benzene rings is 1. The van der Waals surface area contributed by atoms with Gasteiger partial charge < -0.3 is 20.4 Å². The molecule has 2 heterocycles. The molecule has 0 bridgehead atoms. The van der Waals surface area contributed by atoms with E-state index in [1.165, 1.54) is 7.11 Å². The van der Waals surface area contributed by atoms with Gasteiger partial charge in [0.15, 0.2) is 0 Å². The molecule has 1 aromatic carbocycles. The number of methoxy groups -OCH3 is 1. The second-order valence-corrected chi connectivity index (χ2v) is 11.9. The molecular weight excluding hydrogens is 518 g/mol. The highest BCUT2D eigenvalue weighted by Crippen LogP contribution is 2.42. The average Bonchev–Trinajstić information content (AvgIpc) is 3.60. The van der Waals surface area contributed by atoms with Gasteiger partial charge in [-0.15, -0.1) is 0 Å². The molecule has 1 aliphatic carbocycles. The maximum atomic E-state index is 12.4. The topological polar surface area (TPSA) is 151 Å². The molecule has 1 atom stereocenters. The minimum atomic E-state index is -3.56. The fraction of sp³-hybridized carbons (Fsp3) is 0.417. The number of sulfonamides is 1. The first-order chi connectivity index (χ1) is 17.6. The third kappa shape index (κ3) is 6.69. The van der Waals surface area contributed by atoms with Crippen LogP contribution in [0.3, 0.4) is 0 Å². The van der Waals surface area contributed by atoms with Gasteiger partial charge in [0.05, 0.1) is 35.1 Å². The molecule has 0 saturated heterocycles.